The smallest absolute Gasteiger partial charge is 0.255 e. The van der Waals surface area contributed by atoms with E-state index in [1.807, 2.05) is 12.1 Å². The van der Waals surface area contributed by atoms with Crippen molar-refractivity contribution in [1.82, 2.24) is 9.97 Å². The first-order chi connectivity index (χ1) is 10.7. The second-order valence-corrected chi connectivity index (χ2v) is 5.22. The number of aromatic nitrogens is 2. The van der Waals surface area contributed by atoms with Gasteiger partial charge in [-0.05, 0) is 24.3 Å². The van der Waals surface area contributed by atoms with Gasteiger partial charge in [-0.2, -0.15) is 0 Å². The maximum absolute atomic E-state index is 12.4. The van der Waals surface area contributed by atoms with Crippen LogP contribution in [0.4, 0.5) is 5.69 Å². The number of rotatable bonds is 2. The van der Waals surface area contributed by atoms with Gasteiger partial charge in [0.15, 0.2) is 0 Å². The number of nitrogens with two attached hydrogens (primary N) is 1. The summed E-state index contributed by atoms with van der Waals surface area (Å²) in [7, 11) is 0. The summed E-state index contributed by atoms with van der Waals surface area (Å²) < 4.78 is 5.49. The average molecular weight is 294 g/mol. The van der Waals surface area contributed by atoms with Gasteiger partial charge in [0.1, 0.15) is 18.0 Å². The van der Waals surface area contributed by atoms with Crippen molar-refractivity contribution >= 4 is 22.6 Å². The quantitative estimate of drug-likeness (QED) is 0.675. The molecule has 0 saturated carbocycles. The minimum Gasteiger partial charge on any atom is -0.491 e. The molecule has 0 saturated heterocycles. The Morgan fingerprint density at radius 2 is 2.27 bits per heavy atom. The molecule has 6 heteroatoms. The molecule has 1 aromatic carbocycles. The fourth-order valence-corrected chi connectivity index (χ4v) is 2.64. The third kappa shape index (κ3) is 2.01. The van der Waals surface area contributed by atoms with E-state index in [9.17, 15) is 4.79 Å². The highest BCUT2D eigenvalue weighted by atomic mass is 16.5. The fourth-order valence-electron chi connectivity index (χ4n) is 2.64. The molecule has 3 heterocycles. The minimum absolute atomic E-state index is 0.119. The van der Waals surface area contributed by atoms with Gasteiger partial charge in [-0.1, -0.05) is 6.07 Å². The molecule has 0 aliphatic carbocycles. The van der Waals surface area contributed by atoms with Crippen LogP contribution in [-0.2, 0) is 0 Å². The number of pyridine rings is 1. The molecular weight excluding hydrogens is 280 g/mol. The van der Waals surface area contributed by atoms with Crippen molar-refractivity contribution < 1.29 is 9.53 Å². The lowest BCUT2D eigenvalue weighted by Crippen LogP contribution is -2.12. The van der Waals surface area contributed by atoms with Gasteiger partial charge in [-0.25, -0.2) is 4.98 Å². The highest BCUT2D eigenvalue weighted by Gasteiger charge is 2.22. The van der Waals surface area contributed by atoms with Crippen molar-refractivity contribution in [2.75, 3.05) is 11.9 Å². The second-order valence-electron chi connectivity index (χ2n) is 5.22. The number of ether oxygens (including phenoxy) is 1. The molecule has 6 nitrogen and oxygen atoms in total. The summed E-state index contributed by atoms with van der Waals surface area (Å²) in [6, 6.07) is 8.87. The van der Waals surface area contributed by atoms with Crippen LogP contribution < -0.4 is 15.8 Å². The van der Waals surface area contributed by atoms with Crippen molar-refractivity contribution in [3.8, 4) is 5.75 Å². The Labute approximate surface area is 126 Å². The molecule has 3 aromatic rings. The van der Waals surface area contributed by atoms with Crippen LogP contribution in [0.1, 0.15) is 22.0 Å². The summed E-state index contributed by atoms with van der Waals surface area (Å²) >= 11 is 0. The van der Waals surface area contributed by atoms with E-state index < -0.39 is 0 Å². The van der Waals surface area contributed by atoms with Crippen molar-refractivity contribution in [3.63, 3.8) is 0 Å². The van der Waals surface area contributed by atoms with Gasteiger partial charge in [0.25, 0.3) is 5.91 Å². The molecule has 1 aliphatic rings. The van der Waals surface area contributed by atoms with E-state index in [-0.39, 0.29) is 11.9 Å². The lowest BCUT2D eigenvalue weighted by atomic mass is 10.1. The van der Waals surface area contributed by atoms with Gasteiger partial charge in [0.2, 0.25) is 0 Å². The van der Waals surface area contributed by atoms with E-state index in [2.05, 4.69) is 15.3 Å². The van der Waals surface area contributed by atoms with E-state index in [1.165, 1.54) is 0 Å². The van der Waals surface area contributed by atoms with Crippen molar-refractivity contribution in [2.24, 2.45) is 5.73 Å². The van der Waals surface area contributed by atoms with Crippen LogP contribution in [-0.4, -0.2) is 22.5 Å². The van der Waals surface area contributed by atoms with E-state index >= 15 is 0 Å². The number of anilines is 1. The zero-order valence-electron chi connectivity index (χ0n) is 11.7. The zero-order valence-corrected chi connectivity index (χ0v) is 11.7. The van der Waals surface area contributed by atoms with Crippen LogP contribution in [0.2, 0.25) is 0 Å². The second kappa shape index (κ2) is 4.85. The van der Waals surface area contributed by atoms with E-state index in [0.717, 1.165) is 22.3 Å². The Morgan fingerprint density at radius 1 is 1.36 bits per heavy atom. The standard InChI is InChI=1S/C16H14N4O2/c17-12-8-22-14-7-9(1-2-10(12)14)16(21)20-13-4-6-19-15-11(13)3-5-18-15/h1-7,12H,8,17H2,(H2,18,19,20,21). The van der Waals surface area contributed by atoms with Crippen molar-refractivity contribution in [1.29, 1.82) is 0 Å². The molecule has 4 N–H and O–H groups in total. The topological polar surface area (TPSA) is 93.0 Å². The molecule has 2 aromatic heterocycles. The third-order valence-corrected chi connectivity index (χ3v) is 3.80. The molecule has 4 rings (SSSR count). The number of hydrogen-bond acceptors (Lipinski definition) is 4. The Kier molecular flexibility index (Phi) is 2.83. The van der Waals surface area contributed by atoms with Crippen LogP contribution in [0.3, 0.4) is 0 Å². The maximum atomic E-state index is 12.4. The average Bonchev–Trinajstić information content (AvgIpc) is 3.14. The number of carbonyl (C=O) groups excluding carboxylic acids is 1. The zero-order chi connectivity index (χ0) is 15.1. The number of fused-ring (bicyclic) bond motifs is 2. The summed E-state index contributed by atoms with van der Waals surface area (Å²) in [5.41, 5.74) is 8.84. The van der Waals surface area contributed by atoms with Crippen LogP contribution in [0.5, 0.6) is 5.75 Å². The highest BCUT2D eigenvalue weighted by molar-refractivity contribution is 6.08. The molecule has 22 heavy (non-hydrogen) atoms. The molecule has 110 valence electrons. The predicted molar refractivity (Wildman–Crippen MR) is 82.9 cm³/mol. The molecule has 0 spiro atoms. The van der Waals surface area contributed by atoms with Crippen molar-refractivity contribution in [3.05, 3.63) is 53.9 Å². The molecule has 0 bridgehead atoms. The minimum atomic E-state index is -0.194. The van der Waals surface area contributed by atoms with Gasteiger partial charge >= 0.3 is 0 Å². The molecular formula is C16H14N4O2. The number of hydrogen-bond donors (Lipinski definition) is 3. The summed E-state index contributed by atoms with van der Waals surface area (Å²) in [6.45, 7) is 0.453. The Morgan fingerprint density at radius 3 is 3.18 bits per heavy atom. The SMILES string of the molecule is NC1COc2cc(C(=O)Nc3ccnc4[nH]ccc34)ccc21. The fraction of sp³-hybridized carbons (Fsp3) is 0.125. The lowest BCUT2D eigenvalue weighted by molar-refractivity contribution is 0.102. The highest BCUT2D eigenvalue weighted by Crippen LogP contribution is 2.32. The molecule has 1 aliphatic heterocycles. The van der Waals surface area contributed by atoms with E-state index in [1.54, 1.807) is 30.6 Å². The Bertz CT molecular complexity index is 871. The largest absolute Gasteiger partial charge is 0.491 e. The number of aromatic amines is 1. The molecule has 0 fully saturated rings. The van der Waals surface area contributed by atoms with Crippen molar-refractivity contribution in [2.45, 2.75) is 6.04 Å². The van der Waals surface area contributed by atoms with Gasteiger partial charge in [-0.3, -0.25) is 4.79 Å². The van der Waals surface area contributed by atoms with Crippen LogP contribution in [0.15, 0.2) is 42.7 Å². The number of nitrogens with one attached hydrogen (secondary N) is 2. The van der Waals surface area contributed by atoms with Crippen LogP contribution >= 0.6 is 0 Å². The monoisotopic (exact) mass is 294 g/mol. The Hall–Kier alpha value is -2.86. The molecule has 1 atom stereocenters. The summed E-state index contributed by atoms with van der Waals surface area (Å²) in [5, 5.41) is 3.77. The first-order valence-electron chi connectivity index (χ1n) is 6.98. The van der Waals surface area contributed by atoms with Gasteiger partial charge in [0.05, 0.1) is 11.7 Å². The normalized spacial score (nSPS) is 16.3. The summed E-state index contributed by atoms with van der Waals surface area (Å²) in [6.07, 6.45) is 3.44. The van der Waals surface area contributed by atoms with Gasteiger partial charge in [-0.15, -0.1) is 0 Å². The number of amides is 1. The Balaban J connectivity index is 1.64. The number of benzene rings is 1. The predicted octanol–water partition coefficient (Wildman–Crippen LogP) is 2.21. The van der Waals surface area contributed by atoms with E-state index in [4.69, 9.17) is 10.5 Å². The lowest BCUT2D eigenvalue weighted by Gasteiger charge is -2.08. The number of H-pyrrole nitrogens is 1. The van der Waals surface area contributed by atoms with Crippen LogP contribution in [0.25, 0.3) is 11.0 Å². The molecule has 1 amide bonds. The number of nitrogens with zero attached hydrogens (tertiary/aromatic N) is 1. The number of carbonyl (C=O) groups is 1. The van der Waals surface area contributed by atoms with Gasteiger partial charge < -0.3 is 20.8 Å². The summed E-state index contributed by atoms with van der Waals surface area (Å²) in [5.74, 6) is 0.488. The first kappa shape index (κ1) is 12.8. The summed E-state index contributed by atoms with van der Waals surface area (Å²) in [4.78, 5) is 19.6. The molecule has 0 radical (unpaired) electrons. The third-order valence-electron chi connectivity index (χ3n) is 3.80. The molecule has 1 unspecified atom stereocenters. The van der Waals surface area contributed by atoms with Crippen LogP contribution in [0, 0.1) is 0 Å². The maximum Gasteiger partial charge on any atom is 0.255 e. The van der Waals surface area contributed by atoms with Gasteiger partial charge in [0, 0.05) is 28.9 Å². The first-order valence-corrected chi connectivity index (χ1v) is 6.98. The van der Waals surface area contributed by atoms with E-state index in [0.29, 0.717) is 17.9 Å².